The first-order chi connectivity index (χ1) is 12.4. The van der Waals surface area contributed by atoms with Crippen LogP contribution in [0.4, 0.5) is 0 Å². The van der Waals surface area contributed by atoms with Gasteiger partial charge in [0.1, 0.15) is 13.6 Å². The van der Waals surface area contributed by atoms with Crippen LogP contribution in [0.15, 0.2) is 54.9 Å². The first kappa shape index (κ1) is 17.8. The van der Waals surface area contributed by atoms with Gasteiger partial charge < -0.3 is 9.84 Å². The highest BCUT2D eigenvalue weighted by Gasteiger charge is 2.18. The summed E-state index contributed by atoms with van der Waals surface area (Å²) in [4.78, 5) is 23.5. The number of aliphatic carboxylic acids is 1. The molecule has 1 aromatic heterocycles. The third-order valence-corrected chi connectivity index (χ3v) is 3.75. The van der Waals surface area contributed by atoms with E-state index in [1.165, 1.54) is 29.1 Å². The fourth-order valence-corrected chi connectivity index (χ4v) is 2.53. The van der Waals surface area contributed by atoms with E-state index in [-0.39, 0.29) is 17.1 Å². The molecule has 1 heterocycles. The van der Waals surface area contributed by atoms with Crippen molar-refractivity contribution in [3.8, 4) is 11.4 Å². The fourth-order valence-electron chi connectivity index (χ4n) is 2.35. The van der Waals surface area contributed by atoms with Crippen LogP contribution in [0, 0.1) is 0 Å². The second-order valence-electron chi connectivity index (χ2n) is 5.42. The average Bonchev–Trinajstić information content (AvgIpc) is 3.10. The van der Waals surface area contributed by atoms with E-state index >= 15 is 0 Å². The topological polar surface area (TPSA) is 81.4 Å². The van der Waals surface area contributed by atoms with Gasteiger partial charge in [0, 0.05) is 11.2 Å². The van der Waals surface area contributed by atoms with E-state index in [1.807, 2.05) is 0 Å². The highest BCUT2D eigenvalue weighted by atomic mass is 35.5. The number of carboxylic acids is 1. The van der Waals surface area contributed by atoms with E-state index in [2.05, 4.69) is 5.10 Å². The lowest BCUT2D eigenvalue weighted by atomic mass is 9.92. The molecule has 8 heteroatoms. The molecule has 0 unspecified atom stereocenters. The molecule has 128 valence electrons. The van der Waals surface area contributed by atoms with Crippen LogP contribution in [0.3, 0.4) is 0 Å². The molecule has 0 bridgehead atoms. The maximum Gasteiger partial charge on any atom is 0.341 e. The minimum Gasteiger partial charge on any atom is -0.481 e. The highest BCUT2D eigenvalue weighted by Crippen LogP contribution is 2.22. The van der Waals surface area contributed by atoms with Crippen molar-refractivity contribution in [2.24, 2.45) is 0 Å². The Hall–Kier alpha value is -3.06. The van der Waals surface area contributed by atoms with Crippen LogP contribution in [0.2, 0.25) is 5.02 Å². The van der Waals surface area contributed by atoms with Gasteiger partial charge in [-0.05, 0) is 24.3 Å². The number of nitrogens with zero attached hydrogens (tertiary/aromatic N) is 2. The molecule has 0 aliphatic carbocycles. The number of rotatable bonds is 6. The largest absolute Gasteiger partial charge is 0.481 e. The van der Waals surface area contributed by atoms with Crippen molar-refractivity contribution in [2.75, 3.05) is 6.61 Å². The van der Waals surface area contributed by atoms with Crippen LogP contribution in [0.1, 0.15) is 15.9 Å². The smallest absolute Gasteiger partial charge is 0.341 e. The molecular formula is C18H12BClN2O4. The number of carbonyl (C=O) groups is 2. The van der Waals surface area contributed by atoms with E-state index < -0.39 is 12.6 Å². The summed E-state index contributed by atoms with van der Waals surface area (Å²) >= 11 is 5.97. The predicted octanol–water partition coefficient (Wildman–Crippen LogP) is 2.01. The van der Waals surface area contributed by atoms with Gasteiger partial charge in [0.2, 0.25) is 0 Å². The number of hydrogen-bond acceptors (Lipinski definition) is 4. The van der Waals surface area contributed by atoms with Crippen molar-refractivity contribution < 1.29 is 19.4 Å². The highest BCUT2D eigenvalue weighted by molar-refractivity contribution is 6.33. The summed E-state index contributed by atoms with van der Waals surface area (Å²) in [5.41, 5.74) is 1.53. The van der Waals surface area contributed by atoms with Crippen LogP contribution >= 0.6 is 11.6 Å². The zero-order chi connectivity index (χ0) is 18.7. The molecule has 0 fully saturated rings. The van der Waals surface area contributed by atoms with Crippen LogP contribution in [0.25, 0.3) is 5.69 Å². The van der Waals surface area contributed by atoms with Crippen LogP contribution < -0.4 is 10.2 Å². The van der Waals surface area contributed by atoms with E-state index in [0.29, 0.717) is 21.7 Å². The summed E-state index contributed by atoms with van der Waals surface area (Å²) in [5.74, 6) is -1.39. The van der Waals surface area contributed by atoms with E-state index in [9.17, 15) is 9.59 Å². The Kier molecular flexibility index (Phi) is 5.09. The molecule has 0 aliphatic rings. The Labute approximate surface area is 155 Å². The molecule has 0 amide bonds. The summed E-state index contributed by atoms with van der Waals surface area (Å²) in [6.07, 6.45) is 2.96. The molecule has 26 heavy (non-hydrogen) atoms. The van der Waals surface area contributed by atoms with Crippen molar-refractivity contribution in [1.29, 1.82) is 0 Å². The Morgan fingerprint density at radius 3 is 2.77 bits per heavy atom. The van der Waals surface area contributed by atoms with Crippen molar-refractivity contribution in [2.45, 2.75) is 0 Å². The van der Waals surface area contributed by atoms with Crippen LogP contribution in [0.5, 0.6) is 5.75 Å². The van der Waals surface area contributed by atoms with Gasteiger partial charge in [-0.3, -0.25) is 4.79 Å². The second kappa shape index (κ2) is 7.45. The normalized spacial score (nSPS) is 10.5. The lowest BCUT2D eigenvalue weighted by Crippen LogP contribution is -2.15. The number of carboxylic acid groups (broad SMARTS) is 1. The predicted molar refractivity (Wildman–Crippen MR) is 97.0 cm³/mol. The molecule has 0 spiro atoms. The summed E-state index contributed by atoms with van der Waals surface area (Å²) in [5, 5.41) is 13.5. The maximum atomic E-state index is 12.8. The van der Waals surface area contributed by atoms with Gasteiger partial charge in [-0.1, -0.05) is 35.3 Å². The number of ketones is 1. The molecule has 2 aromatic carbocycles. The van der Waals surface area contributed by atoms with Crippen molar-refractivity contribution >= 4 is 36.7 Å². The number of ether oxygens (including phenoxy) is 1. The quantitative estimate of drug-likeness (QED) is 0.533. The van der Waals surface area contributed by atoms with Crippen molar-refractivity contribution in [1.82, 2.24) is 9.78 Å². The molecule has 3 rings (SSSR count). The van der Waals surface area contributed by atoms with Gasteiger partial charge in [-0.2, -0.15) is 5.10 Å². The SMILES string of the molecule is [B]c1ccc(OCC(=O)O)c(C(=O)c2cnn(-c3cccc(Cl)c3)c2)c1. The molecule has 1 N–H and O–H groups in total. The van der Waals surface area contributed by atoms with Gasteiger partial charge in [0.05, 0.1) is 23.0 Å². The number of halogens is 1. The Balaban J connectivity index is 1.92. The molecule has 3 aromatic rings. The fraction of sp³-hybridized carbons (Fsp3) is 0.0556. The molecule has 0 atom stereocenters. The molecule has 0 saturated heterocycles. The summed E-state index contributed by atoms with van der Waals surface area (Å²) in [6, 6.07) is 11.5. The first-order valence-corrected chi connectivity index (χ1v) is 7.91. The Morgan fingerprint density at radius 2 is 2.04 bits per heavy atom. The standard InChI is InChI=1S/C18H12BClN2O4/c19-12-4-5-16(26-10-17(23)24)15(6-12)18(25)11-8-21-22(9-11)14-3-1-2-13(20)7-14/h1-9H,10H2,(H,23,24). The molecule has 0 aliphatic heterocycles. The Morgan fingerprint density at radius 1 is 1.23 bits per heavy atom. The zero-order valence-corrected chi connectivity index (χ0v) is 14.2. The third kappa shape index (κ3) is 3.95. The second-order valence-corrected chi connectivity index (χ2v) is 5.86. The number of carbonyl (C=O) groups excluding carboxylic acids is 1. The van der Waals surface area contributed by atoms with Gasteiger partial charge in [0.15, 0.2) is 12.4 Å². The van der Waals surface area contributed by atoms with Gasteiger partial charge in [-0.25, -0.2) is 9.48 Å². The number of aromatic nitrogens is 2. The number of hydrogen-bond donors (Lipinski definition) is 1. The monoisotopic (exact) mass is 366 g/mol. The lowest BCUT2D eigenvalue weighted by Gasteiger charge is -2.09. The van der Waals surface area contributed by atoms with E-state index in [1.54, 1.807) is 30.5 Å². The van der Waals surface area contributed by atoms with Crippen LogP contribution in [-0.4, -0.2) is 41.1 Å². The van der Waals surface area contributed by atoms with Gasteiger partial charge >= 0.3 is 5.97 Å². The zero-order valence-electron chi connectivity index (χ0n) is 13.4. The minimum absolute atomic E-state index is 0.141. The molecular weight excluding hydrogens is 354 g/mol. The summed E-state index contributed by atoms with van der Waals surface area (Å²) < 4.78 is 6.70. The maximum absolute atomic E-state index is 12.8. The molecule has 6 nitrogen and oxygen atoms in total. The average molecular weight is 367 g/mol. The molecule has 0 saturated carbocycles. The van der Waals surface area contributed by atoms with Gasteiger partial charge in [-0.15, -0.1) is 0 Å². The van der Waals surface area contributed by atoms with E-state index in [4.69, 9.17) is 29.3 Å². The Bertz CT molecular complexity index is 987. The van der Waals surface area contributed by atoms with Crippen LogP contribution in [-0.2, 0) is 4.79 Å². The third-order valence-electron chi connectivity index (χ3n) is 3.52. The lowest BCUT2D eigenvalue weighted by molar-refractivity contribution is -0.139. The first-order valence-electron chi connectivity index (χ1n) is 7.53. The van der Waals surface area contributed by atoms with Gasteiger partial charge in [0.25, 0.3) is 0 Å². The van der Waals surface area contributed by atoms with E-state index in [0.717, 1.165) is 0 Å². The molecule has 2 radical (unpaired) electrons. The minimum atomic E-state index is -1.14. The summed E-state index contributed by atoms with van der Waals surface area (Å²) in [7, 11) is 5.75. The van der Waals surface area contributed by atoms with Crippen molar-refractivity contribution in [3.05, 3.63) is 71.0 Å². The number of benzene rings is 2. The van der Waals surface area contributed by atoms with Crippen molar-refractivity contribution in [3.63, 3.8) is 0 Å². The summed E-state index contributed by atoms with van der Waals surface area (Å²) in [6.45, 7) is -0.564.